The molecule has 3 aromatic rings. The molecule has 7 heteroatoms. The van der Waals surface area contributed by atoms with E-state index in [9.17, 15) is 14.4 Å². The van der Waals surface area contributed by atoms with Crippen LogP contribution in [0.3, 0.4) is 0 Å². The highest BCUT2D eigenvalue weighted by atomic mass is 16.5. The smallest absolute Gasteiger partial charge is 0.339 e. The molecule has 2 aromatic heterocycles. The summed E-state index contributed by atoms with van der Waals surface area (Å²) in [6.45, 7) is 6.14. The maximum atomic E-state index is 12.6. The maximum Gasteiger partial charge on any atom is 0.339 e. The first-order valence-corrected chi connectivity index (χ1v) is 9.55. The number of Topliss-reactive ketones (excluding diaryl/α,β-unsaturated/α-hetero) is 1. The van der Waals surface area contributed by atoms with Crippen LogP contribution in [0.2, 0.25) is 0 Å². The van der Waals surface area contributed by atoms with Crippen molar-refractivity contribution in [3.8, 4) is 0 Å². The largest absolute Gasteiger partial charge is 0.465 e. The SMILES string of the molecule is CCCn1ccc2cc(NC(=O)Cc3[nH]c(C(C)=O)c(C)c3C(=O)OC)ccc21. The molecule has 3 rings (SSSR count). The molecule has 0 radical (unpaired) electrons. The third-order valence-corrected chi connectivity index (χ3v) is 4.93. The van der Waals surface area contributed by atoms with Gasteiger partial charge in [-0.15, -0.1) is 0 Å². The monoisotopic (exact) mass is 395 g/mol. The number of aromatic nitrogens is 2. The number of anilines is 1. The standard InChI is InChI=1S/C22H25N3O4/c1-5-9-25-10-8-15-11-16(6-7-18(15)25)23-19(27)12-17-20(22(28)29-4)13(2)21(24-17)14(3)26/h6-8,10-11,24H,5,9,12H2,1-4H3,(H,23,27). The fourth-order valence-corrected chi connectivity index (χ4v) is 3.60. The summed E-state index contributed by atoms with van der Waals surface area (Å²) < 4.78 is 6.99. The summed E-state index contributed by atoms with van der Waals surface area (Å²) in [5, 5.41) is 3.90. The summed E-state index contributed by atoms with van der Waals surface area (Å²) in [7, 11) is 1.27. The zero-order valence-electron chi connectivity index (χ0n) is 17.1. The quantitative estimate of drug-likeness (QED) is 0.469. The Hall–Kier alpha value is -3.35. The molecule has 0 fully saturated rings. The molecule has 0 unspecified atom stereocenters. The highest BCUT2D eigenvalue weighted by Gasteiger charge is 2.24. The molecule has 2 N–H and O–H groups in total. The first-order chi connectivity index (χ1) is 13.8. The number of fused-ring (bicyclic) bond motifs is 1. The van der Waals surface area contributed by atoms with Crippen LogP contribution in [0.25, 0.3) is 10.9 Å². The van der Waals surface area contributed by atoms with Crippen LogP contribution in [-0.2, 0) is 22.5 Å². The molecule has 2 heterocycles. The number of ether oxygens (including phenoxy) is 1. The number of H-pyrrole nitrogens is 1. The number of aryl methyl sites for hydroxylation is 1. The molecule has 29 heavy (non-hydrogen) atoms. The number of carbonyl (C=O) groups excluding carboxylic acids is 3. The van der Waals surface area contributed by atoms with Crippen LogP contribution < -0.4 is 5.32 Å². The van der Waals surface area contributed by atoms with Crippen molar-refractivity contribution < 1.29 is 19.1 Å². The molecule has 0 saturated carbocycles. The van der Waals surface area contributed by atoms with Crippen LogP contribution in [-0.4, -0.2) is 34.3 Å². The Kier molecular flexibility index (Phi) is 5.87. The minimum atomic E-state index is -0.576. The molecule has 152 valence electrons. The van der Waals surface area contributed by atoms with Crippen molar-refractivity contribution in [3.05, 3.63) is 53.0 Å². The number of rotatable bonds is 7. The number of ketones is 1. The van der Waals surface area contributed by atoms with Crippen molar-refractivity contribution in [2.24, 2.45) is 0 Å². The van der Waals surface area contributed by atoms with E-state index in [1.807, 2.05) is 30.5 Å². The summed E-state index contributed by atoms with van der Waals surface area (Å²) in [5.74, 6) is -1.08. The van der Waals surface area contributed by atoms with Gasteiger partial charge in [-0.05, 0) is 43.2 Å². The molecule has 1 aromatic carbocycles. The Morgan fingerprint density at radius 1 is 1.21 bits per heavy atom. The highest BCUT2D eigenvalue weighted by Crippen LogP contribution is 2.23. The van der Waals surface area contributed by atoms with E-state index in [2.05, 4.69) is 21.8 Å². The molecule has 0 aliphatic carbocycles. The molecule has 7 nitrogen and oxygen atoms in total. The van der Waals surface area contributed by atoms with Crippen LogP contribution in [0, 0.1) is 6.92 Å². The molecule has 0 aliphatic heterocycles. The summed E-state index contributed by atoms with van der Waals surface area (Å²) in [6.07, 6.45) is 3.00. The number of methoxy groups -OCH3 is 1. The number of hydrogen-bond acceptors (Lipinski definition) is 4. The van der Waals surface area contributed by atoms with E-state index >= 15 is 0 Å². The zero-order chi connectivity index (χ0) is 21.1. The molecule has 0 atom stereocenters. The average molecular weight is 395 g/mol. The van der Waals surface area contributed by atoms with E-state index in [0.717, 1.165) is 23.9 Å². The van der Waals surface area contributed by atoms with Gasteiger partial charge in [0.2, 0.25) is 5.91 Å². The molecule has 0 bridgehead atoms. The van der Waals surface area contributed by atoms with E-state index in [4.69, 9.17) is 4.74 Å². The van der Waals surface area contributed by atoms with E-state index in [-0.39, 0.29) is 23.7 Å². The number of carbonyl (C=O) groups is 3. The Morgan fingerprint density at radius 3 is 2.62 bits per heavy atom. The van der Waals surface area contributed by atoms with Crippen molar-refractivity contribution in [2.75, 3.05) is 12.4 Å². The van der Waals surface area contributed by atoms with Crippen LogP contribution >= 0.6 is 0 Å². The fourth-order valence-electron chi connectivity index (χ4n) is 3.60. The second-order valence-corrected chi connectivity index (χ2v) is 7.03. The number of aromatic amines is 1. The fraction of sp³-hybridized carbons (Fsp3) is 0.318. The topological polar surface area (TPSA) is 93.2 Å². The third-order valence-electron chi connectivity index (χ3n) is 4.93. The van der Waals surface area contributed by atoms with Gasteiger partial charge in [0.1, 0.15) is 0 Å². The van der Waals surface area contributed by atoms with Crippen molar-refractivity contribution in [3.63, 3.8) is 0 Å². The summed E-state index contributed by atoms with van der Waals surface area (Å²) in [6, 6.07) is 7.77. The zero-order valence-corrected chi connectivity index (χ0v) is 17.1. The van der Waals surface area contributed by atoms with Gasteiger partial charge in [0.05, 0.1) is 24.8 Å². The third kappa shape index (κ3) is 4.08. The normalized spacial score (nSPS) is 10.9. The predicted octanol–water partition coefficient (Wildman–Crippen LogP) is 3.86. The first-order valence-electron chi connectivity index (χ1n) is 9.55. The van der Waals surface area contributed by atoms with Gasteiger partial charge in [-0.1, -0.05) is 6.92 Å². The Balaban J connectivity index is 1.82. The summed E-state index contributed by atoms with van der Waals surface area (Å²) in [4.78, 5) is 39.5. The van der Waals surface area contributed by atoms with Crippen molar-refractivity contribution in [1.29, 1.82) is 0 Å². The minimum Gasteiger partial charge on any atom is -0.465 e. The molecular weight excluding hydrogens is 370 g/mol. The lowest BCUT2D eigenvalue weighted by Crippen LogP contribution is -2.17. The molecule has 0 spiro atoms. The van der Waals surface area contributed by atoms with Crippen molar-refractivity contribution in [2.45, 2.75) is 40.2 Å². The van der Waals surface area contributed by atoms with Crippen LogP contribution in [0.5, 0.6) is 0 Å². The van der Waals surface area contributed by atoms with E-state index < -0.39 is 5.97 Å². The lowest BCUT2D eigenvalue weighted by atomic mass is 10.1. The Morgan fingerprint density at radius 2 is 1.97 bits per heavy atom. The van der Waals surface area contributed by atoms with Gasteiger partial charge in [-0.2, -0.15) is 0 Å². The van der Waals surface area contributed by atoms with E-state index in [0.29, 0.717) is 22.6 Å². The number of hydrogen-bond donors (Lipinski definition) is 2. The second kappa shape index (κ2) is 8.34. The maximum absolute atomic E-state index is 12.6. The van der Waals surface area contributed by atoms with Crippen LogP contribution in [0.15, 0.2) is 30.5 Å². The number of nitrogens with zero attached hydrogens (tertiary/aromatic N) is 1. The van der Waals surface area contributed by atoms with Crippen LogP contribution in [0.1, 0.15) is 52.4 Å². The summed E-state index contributed by atoms with van der Waals surface area (Å²) in [5.41, 5.74) is 3.19. The van der Waals surface area contributed by atoms with Gasteiger partial charge >= 0.3 is 5.97 Å². The lowest BCUT2D eigenvalue weighted by molar-refractivity contribution is -0.115. The van der Waals surface area contributed by atoms with Crippen molar-refractivity contribution >= 4 is 34.3 Å². The van der Waals surface area contributed by atoms with E-state index in [1.165, 1.54) is 14.0 Å². The van der Waals surface area contributed by atoms with E-state index in [1.54, 1.807) is 6.92 Å². The molecule has 1 amide bonds. The number of esters is 1. The van der Waals surface area contributed by atoms with Gasteiger partial charge in [-0.25, -0.2) is 4.79 Å². The Bertz CT molecular complexity index is 1090. The lowest BCUT2D eigenvalue weighted by Gasteiger charge is -2.08. The number of nitrogens with one attached hydrogen (secondary N) is 2. The van der Waals surface area contributed by atoms with Gasteiger partial charge < -0.3 is 19.6 Å². The first kappa shape index (κ1) is 20.4. The van der Waals surface area contributed by atoms with Gasteiger partial charge in [0.25, 0.3) is 0 Å². The molecule has 0 aliphatic rings. The van der Waals surface area contributed by atoms with Crippen molar-refractivity contribution in [1.82, 2.24) is 9.55 Å². The molecule has 0 saturated heterocycles. The molecular formula is C22H25N3O4. The number of amides is 1. The van der Waals surface area contributed by atoms with Gasteiger partial charge in [-0.3, -0.25) is 9.59 Å². The predicted molar refractivity (Wildman–Crippen MR) is 111 cm³/mol. The Labute approximate surface area is 169 Å². The average Bonchev–Trinajstić information content (AvgIpc) is 3.22. The van der Waals surface area contributed by atoms with Gasteiger partial charge in [0, 0.05) is 41.9 Å². The highest BCUT2D eigenvalue weighted by molar-refractivity contribution is 6.02. The summed E-state index contributed by atoms with van der Waals surface area (Å²) >= 11 is 0. The van der Waals surface area contributed by atoms with Crippen LogP contribution in [0.4, 0.5) is 5.69 Å². The minimum absolute atomic E-state index is 0.0760. The second-order valence-electron chi connectivity index (χ2n) is 7.03. The number of benzene rings is 1. The van der Waals surface area contributed by atoms with Gasteiger partial charge in [0.15, 0.2) is 5.78 Å².